The second-order valence-electron chi connectivity index (χ2n) is 8.54. The fraction of sp³-hybridized carbons (Fsp3) is 0.308. The molecule has 194 valence electrons. The van der Waals surface area contributed by atoms with Crippen molar-refractivity contribution in [1.29, 1.82) is 0 Å². The van der Waals surface area contributed by atoms with E-state index in [4.69, 9.17) is 20.8 Å². The molecule has 1 fully saturated rings. The lowest BCUT2D eigenvalue weighted by Gasteiger charge is -2.37. The number of nitro benzene ring substituents is 1. The molecule has 0 atom stereocenters. The van der Waals surface area contributed by atoms with Gasteiger partial charge < -0.3 is 24.3 Å². The maximum atomic E-state index is 13.1. The third-order valence-corrected chi connectivity index (χ3v) is 6.38. The molecule has 10 nitrogen and oxygen atoms in total. The average Bonchev–Trinajstić information content (AvgIpc) is 3.39. The molecule has 1 saturated heterocycles. The second kappa shape index (κ2) is 11.3. The van der Waals surface area contributed by atoms with E-state index >= 15 is 0 Å². The number of furan rings is 1. The maximum Gasteiger partial charge on any atom is 0.291 e. The van der Waals surface area contributed by atoms with Crippen LogP contribution in [0, 0.1) is 10.1 Å². The van der Waals surface area contributed by atoms with Crippen molar-refractivity contribution in [1.82, 2.24) is 4.90 Å². The van der Waals surface area contributed by atoms with Crippen molar-refractivity contribution in [2.24, 2.45) is 0 Å². The highest BCUT2D eigenvalue weighted by Crippen LogP contribution is 2.35. The van der Waals surface area contributed by atoms with Gasteiger partial charge in [-0.05, 0) is 48.9 Å². The summed E-state index contributed by atoms with van der Waals surface area (Å²) in [7, 11) is 1.42. The van der Waals surface area contributed by atoms with Gasteiger partial charge in [-0.25, -0.2) is 0 Å². The summed E-state index contributed by atoms with van der Waals surface area (Å²) in [6, 6.07) is 12.6. The minimum Gasteiger partial charge on any atom is -0.497 e. The summed E-state index contributed by atoms with van der Waals surface area (Å²) in [4.78, 5) is 40.3. The van der Waals surface area contributed by atoms with E-state index in [-0.39, 0.29) is 28.7 Å². The third kappa shape index (κ3) is 5.86. The number of nitro groups is 1. The van der Waals surface area contributed by atoms with E-state index in [1.54, 1.807) is 18.2 Å². The molecule has 2 aromatic carbocycles. The number of nitrogens with zero attached hydrogens (tertiary/aromatic N) is 3. The minimum atomic E-state index is -0.534. The first-order chi connectivity index (χ1) is 17.8. The Morgan fingerprint density at radius 2 is 1.86 bits per heavy atom. The molecule has 0 bridgehead atoms. The van der Waals surface area contributed by atoms with Gasteiger partial charge in [0, 0.05) is 37.6 Å². The van der Waals surface area contributed by atoms with Crippen molar-refractivity contribution in [2.45, 2.75) is 19.8 Å². The number of carbonyl (C=O) groups is 2. The van der Waals surface area contributed by atoms with Gasteiger partial charge in [0.1, 0.15) is 11.5 Å². The number of carbonyl (C=O) groups excluding carboxylic acids is 2. The number of hydrogen-bond acceptors (Lipinski definition) is 7. The molecule has 2 amide bonds. The molecule has 1 aromatic heterocycles. The van der Waals surface area contributed by atoms with Gasteiger partial charge in [0.05, 0.1) is 35.0 Å². The van der Waals surface area contributed by atoms with Crippen LogP contribution in [0.1, 0.15) is 30.3 Å². The van der Waals surface area contributed by atoms with Crippen molar-refractivity contribution in [2.75, 3.05) is 43.5 Å². The lowest BCUT2D eigenvalue weighted by Crippen LogP contribution is -2.48. The molecule has 0 unspecified atom stereocenters. The number of ether oxygens (including phenoxy) is 1. The van der Waals surface area contributed by atoms with Crippen LogP contribution in [0.5, 0.6) is 5.75 Å². The first-order valence-electron chi connectivity index (χ1n) is 11.9. The van der Waals surface area contributed by atoms with Gasteiger partial charge >= 0.3 is 0 Å². The molecule has 0 aliphatic carbocycles. The SMILES string of the molecule is CCCC(=O)N1CCN(c2ccc(Cl)cc2NC(=O)c2ccc(-c3ccc(OC)cc3[N+](=O)[O-])o2)CC1. The highest BCUT2D eigenvalue weighted by Gasteiger charge is 2.24. The molecular formula is C26H27ClN4O6. The van der Waals surface area contributed by atoms with E-state index in [0.29, 0.717) is 49.1 Å². The van der Waals surface area contributed by atoms with Crippen LogP contribution >= 0.6 is 11.6 Å². The van der Waals surface area contributed by atoms with E-state index in [2.05, 4.69) is 10.2 Å². The van der Waals surface area contributed by atoms with Gasteiger partial charge in [-0.2, -0.15) is 0 Å². The molecule has 1 N–H and O–H groups in total. The zero-order valence-corrected chi connectivity index (χ0v) is 21.3. The van der Waals surface area contributed by atoms with Crippen LogP contribution in [-0.4, -0.2) is 54.9 Å². The number of halogens is 1. The molecule has 37 heavy (non-hydrogen) atoms. The number of piperazine rings is 1. The predicted molar refractivity (Wildman–Crippen MR) is 140 cm³/mol. The van der Waals surface area contributed by atoms with Gasteiger partial charge in [0.2, 0.25) is 5.91 Å². The molecule has 1 aliphatic rings. The van der Waals surface area contributed by atoms with Crippen LogP contribution in [0.4, 0.5) is 17.1 Å². The number of nitrogens with one attached hydrogen (secondary N) is 1. The van der Waals surface area contributed by atoms with E-state index in [1.165, 1.54) is 31.4 Å². The van der Waals surface area contributed by atoms with Crippen LogP contribution in [0.25, 0.3) is 11.3 Å². The summed E-state index contributed by atoms with van der Waals surface area (Å²) >= 11 is 6.22. The van der Waals surface area contributed by atoms with Crippen molar-refractivity contribution in [3.05, 3.63) is 69.4 Å². The Hall–Kier alpha value is -4.05. The average molecular weight is 527 g/mol. The fourth-order valence-electron chi connectivity index (χ4n) is 4.24. The standard InChI is InChI=1S/C26H27ClN4O6/c1-3-4-25(32)30-13-11-29(12-14-30)21-8-5-17(27)15-20(21)28-26(33)24-10-9-23(37-24)19-7-6-18(36-2)16-22(19)31(34)35/h5-10,15-16H,3-4,11-14H2,1-2H3,(H,28,33). The summed E-state index contributed by atoms with van der Waals surface area (Å²) in [5.41, 5.74) is 1.30. The van der Waals surface area contributed by atoms with Crippen molar-refractivity contribution in [3.8, 4) is 17.1 Å². The molecule has 0 spiro atoms. The zero-order valence-electron chi connectivity index (χ0n) is 20.5. The van der Waals surface area contributed by atoms with Gasteiger partial charge in [0.25, 0.3) is 11.6 Å². The number of amides is 2. The van der Waals surface area contributed by atoms with Crippen LogP contribution in [0.3, 0.4) is 0 Å². The smallest absolute Gasteiger partial charge is 0.291 e. The van der Waals surface area contributed by atoms with Crippen LogP contribution in [0.15, 0.2) is 52.9 Å². The first kappa shape index (κ1) is 26.0. The molecule has 2 heterocycles. The normalized spacial score (nSPS) is 13.4. The summed E-state index contributed by atoms with van der Waals surface area (Å²) < 4.78 is 10.8. The van der Waals surface area contributed by atoms with Crippen molar-refractivity contribution in [3.63, 3.8) is 0 Å². The highest BCUT2D eigenvalue weighted by molar-refractivity contribution is 6.31. The Kier molecular flexibility index (Phi) is 7.98. The summed E-state index contributed by atoms with van der Waals surface area (Å²) in [6.07, 6.45) is 1.35. The van der Waals surface area contributed by atoms with E-state index in [9.17, 15) is 19.7 Å². The Labute approximate surface area is 218 Å². The Morgan fingerprint density at radius 3 is 2.54 bits per heavy atom. The number of benzene rings is 2. The monoisotopic (exact) mass is 526 g/mol. The van der Waals surface area contributed by atoms with E-state index in [0.717, 1.165) is 12.1 Å². The number of hydrogen-bond donors (Lipinski definition) is 1. The Morgan fingerprint density at radius 1 is 1.11 bits per heavy atom. The van der Waals surface area contributed by atoms with Crippen LogP contribution in [-0.2, 0) is 4.79 Å². The topological polar surface area (TPSA) is 118 Å². The van der Waals surface area contributed by atoms with Crippen LogP contribution < -0.4 is 15.0 Å². The van der Waals surface area contributed by atoms with Gasteiger partial charge in [0.15, 0.2) is 5.76 Å². The zero-order chi connectivity index (χ0) is 26.5. The van der Waals surface area contributed by atoms with E-state index in [1.807, 2.05) is 17.9 Å². The first-order valence-corrected chi connectivity index (χ1v) is 12.2. The second-order valence-corrected chi connectivity index (χ2v) is 8.97. The summed E-state index contributed by atoms with van der Waals surface area (Å²) in [6.45, 7) is 4.41. The lowest BCUT2D eigenvalue weighted by atomic mass is 10.1. The molecule has 4 rings (SSSR count). The molecule has 3 aromatic rings. The van der Waals surface area contributed by atoms with Gasteiger partial charge in [-0.3, -0.25) is 19.7 Å². The maximum absolute atomic E-state index is 13.1. The van der Waals surface area contributed by atoms with Crippen molar-refractivity contribution < 1.29 is 23.7 Å². The van der Waals surface area contributed by atoms with Gasteiger partial charge in [-0.1, -0.05) is 18.5 Å². The molecule has 0 saturated carbocycles. The van der Waals surface area contributed by atoms with Gasteiger partial charge in [-0.15, -0.1) is 0 Å². The summed E-state index contributed by atoms with van der Waals surface area (Å²) in [5.74, 6) is 0.129. The summed E-state index contributed by atoms with van der Waals surface area (Å²) in [5, 5.41) is 14.8. The number of anilines is 2. The highest BCUT2D eigenvalue weighted by atomic mass is 35.5. The number of rotatable bonds is 8. The van der Waals surface area contributed by atoms with E-state index < -0.39 is 10.8 Å². The molecule has 11 heteroatoms. The quantitative estimate of drug-likeness (QED) is 0.316. The lowest BCUT2D eigenvalue weighted by molar-refractivity contribution is -0.384. The third-order valence-electron chi connectivity index (χ3n) is 6.14. The predicted octanol–water partition coefficient (Wildman–Crippen LogP) is 5.22. The Balaban J connectivity index is 1.52. The van der Waals surface area contributed by atoms with Crippen LogP contribution in [0.2, 0.25) is 5.02 Å². The Bertz CT molecular complexity index is 1320. The molecular weight excluding hydrogens is 500 g/mol. The fourth-order valence-corrected chi connectivity index (χ4v) is 4.41. The largest absolute Gasteiger partial charge is 0.497 e. The molecule has 0 radical (unpaired) electrons. The molecule has 1 aliphatic heterocycles. The number of methoxy groups -OCH3 is 1. The van der Waals surface area contributed by atoms with Crippen molar-refractivity contribution >= 4 is 40.5 Å². The minimum absolute atomic E-state index is 0.0129.